The lowest BCUT2D eigenvalue weighted by Gasteiger charge is -2.05. The fraction of sp³-hybridized carbons (Fsp3) is 0.154. The molecular weight excluding hydrogens is 298 g/mol. The van der Waals surface area contributed by atoms with Gasteiger partial charge in [0.05, 0.1) is 0 Å². The third-order valence-electron chi connectivity index (χ3n) is 2.54. The van der Waals surface area contributed by atoms with Gasteiger partial charge in [-0.2, -0.15) is 0 Å². The summed E-state index contributed by atoms with van der Waals surface area (Å²) in [5, 5.41) is 12.0. The van der Waals surface area contributed by atoms with Crippen LogP contribution < -0.4 is 5.32 Å². The zero-order valence-corrected chi connectivity index (χ0v) is 11.3. The number of carboxylic acids is 1. The van der Waals surface area contributed by atoms with Crippen molar-refractivity contribution in [1.82, 2.24) is 0 Å². The first-order valence-corrected chi connectivity index (χ1v) is 6.17. The van der Waals surface area contributed by atoms with E-state index in [1.54, 1.807) is 13.0 Å². The van der Waals surface area contributed by atoms with Crippen LogP contribution in [0.4, 0.5) is 5.69 Å². The number of aromatic carboxylic acids is 1. The zero-order valence-electron chi connectivity index (χ0n) is 9.74. The second kappa shape index (κ2) is 5.27. The van der Waals surface area contributed by atoms with Crippen molar-refractivity contribution in [2.75, 3.05) is 5.32 Å². The summed E-state index contributed by atoms with van der Waals surface area (Å²) in [6.07, 6.45) is 0. The fourth-order valence-electron chi connectivity index (χ4n) is 1.60. The minimum absolute atomic E-state index is 0.0291. The van der Waals surface area contributed by atoms with E-state index in [0.29, 0.717) is 12.3 Å². The van der Waals surface area contributed by atoms with Crippen LogP contribution in [0.5, 0.6) is 0 Å². The molecule has 94 valence electrons. The Bertz CT molecular complexity index is 577. The molecule has 0 fully saturated rings. The maximum Gasteiger partial charge on any atom is 0.371 e. The molecule has 0 radical (unpaired) electrons. The SMILES string of the molecule is Cc1oc(C(=O)O)cc1CNc1cccc(Br)c1. The van der Waals surface area contributed by atoms with Crippen molar-refractivity contribution >= 4 is 27.6 Å². The van der Waals surface area contributed by atoms with Gasteiger partial charge in [0.2, 0.25) is 5.76 Å². The average molecular weight is 310 g/mol. The maximum absolute atomic E-state index is 10.8. The zero-order chi connectivity index (χ0) is 13.1. The van der Waals surface area contributed by atoms with Crippen molar-refractivity contribution in [1.29, 1.82) is 0 Å². The molecule has 5 heteroatoms. The fourth-order valence-corrected chi connectivity index (χ4v) is 2.00. The predicted molar refractivity (Wildman–Crippen MR) is 71.9 cm³/mol. The highest BCUT2D eigenvalue weighted by molar-refractivity contribution is 9.10. The second-order valence-corrected chi connectivity index (χ2v) is 4.78. The third-order valence-corrected chi connectivity index (χ3v) is 3.03. The van der Waals surface area contributed by atoms with Crippen molar-refractivity contribution in [3.05, 3.63) is 51.9 Å². The second-order valence-electron chi connectivity index (χ2n) is 3.86. The van der Waals surface area contributed by atoms with Crippen LogP contribution in [0.25, 0.3) is 0 Å². The van der Waals surface area contributed by atoms with Crippen molar-refractivity contribution in [2.45, 2.75) is 13.5 Å². The Morgan fingerprint density at radius 2 is 2.22 bits per heavy atom. The molecule has 0 amide bonds. The first-order valence-electron chi connectivity index (χ1n) is 5.38. The lowest BCUT2D eigenvalue weighted by molar-refractivity contribution is 0.0661. The number of nitrogens with one attached hydrogen (secondary N) is 1. The van der Waals surface area contributed by atoms with Crippen LogP contribution in [0, 0.1) is 6.92 Å². The lowest BCUT2D eigenvalue weighted by Crippen LogP contribution is -1.99. The number of aryl methyl sites for hydroxylation is 1. The monoisotopic (exact) mass is 309 g/mol. The molecule has 0 aliphatic heterocycles. The highest BCUT2D eigenvalue weighted by Gasteiger charge is 2.12. The smallest absolute Gasteiger partial charge is 0.371 e. The van der Waals surface area contributed by atoms with Crippen LogP contribution >= 0.6 is 15.9 Å². The van der Waals surface area contributed by atoms with Gasteiger partial charge in [-0.25, -0.2) is 4.79 Å². The first-order chi connectivity index (χ1) is 8.56. The van der Waals surface area contributed by atoms with E-state index in [1.807, 2.05) is 24.3 Å². The van der Waals surface area contributed by atoms with E-state index in [0.717, 1.165) is 15.7 Å². The molecule has 1 aromatic heterocycles. The molecule has 2 N–H and O–H groups in total. The largest absolute Gasteiger partial charge is 0.475 e. The molecule has 0 aliphatic rings. The predicted octanol–water partition coefficient (Wildman–Crippen LogP) is 3.66. The molecule has 0 bridgehead atoms. The molecule has 4 nitrogen and oxygen atoms in total. The van der Waals surface area contributed by atoms with Crippen molar-refractivity contribution in [3.63, 3.8) is 0 Å². The van der Waals surface area contributed by atoms with Gasteiger partial charge in [0, 0.05) is 22.3 Å². The van der Waals surface area contributed by atoms with Gasteiger partial charge in [-0.05, 0) is 31.2 Å². The van der Waals surface area contributed by atoms with Crippen molar-refractivity contribution < 1.29 is 14.3 Å². The number of carbonyl (C=O) groups is 1. The molecular formula is C13H12BrNO3. The summed E-state index contributed by atoms with van der Waals surface area (Å²) < 4.78 is 6.13. The van der Waals surface area contributed by atoms with E-state index in [-0.39, 0.29) is 5.76 Å². The molecule has 1 aromatic carbocycles. The number of hydrogen-bond acceptors (Lipinski definition) is 3. The molecule has 1 heterocycles. The van der Waals surface area contributed by atoms with E-state index < -0.39 is 5.97 Å². The Labute approximate surface area is 113 Å². The van der Waals surface area contributed by atoms with Crippen LogP contribution in [-0.4, -0.2) is 11.1 Å². The Hall–Kier alpha value is -1.75. The number of benzene rings is 1. The average Bonchev–Trinajstić information content (AvgIpc) is 2.68. The molecule has 0 atom stereocenters. The van der Waals surface area contributed by atoms with Crippen LogP contribution in [-0.2, 0) is 6.54 Å². The van der Waals surface area contributed by atoms with Crippen molar-refractivity contribution in [3.8, 4) is 0 Å². The van der Waals surface area contributed by atoms with Crippen LogP contribution in [0.15, 0.2) is 39.2 Å². The number of carboxylic acid groups (broad SMARTS) is 1. The molecule has 0 spiro atoms. The number of halogens is 1. The van der Waals surface area contributed by atoms with Crippen LogP contribution in [0.3, 0.4) is 0 Å². The van der Waals surface area contributed by atoms with E-state index in [1.165, 1.54) is 0 Å². The summed E-state index contributed by atoms with van der Waals surface area (Å²) in [4.78, 5) is 10.8. The lowest BCUT2D eigenvalue weighted by atomic mass is 10.2. The van der Waals surface area contributed by atoms with Gasteiger partial charge in [0.15, 0.2) is 0 Å². The number of hydrogen-bond donors (Lipinski definition) is 2. The Kier molecular flexibility index (Phi) is 3.72. The summed E-state index contributed by atoms with van der Waals surface area (Å²) in [5.41, 5.74) is 1.80. The molecule has 2 rings (SSSR count). The Balaban J connectivity index is 2.08. The number of anilines is 1. The Morgan fingerprint density at radius 3 is 2.83 bits per heavy atom. The van der Waals surface area contributed by atoms with Gasteiger partial charge in [-0.15, -0.1) is 0 Å². The topological polar surface area (TPSA) is 62.5 Å². The van der Waals surface area contributed by atoms with Gasteiger partial charge in [-0.1, -0.05) is 22.0 Å². The van der Waals surface area contributed by atoms with E-state index in [2.05, 4.69) is 21.2 Å². The standard InChI is InChI=1S/C13H12BrNO3/c1-8-9(5-12(18-8)13(16)17)7-15-11-4-2-3-10(14)6-11/h2-6,15H,7H2,1H3,(H,16,17). The quantitative estimate of drug-likeness (QED) is 0.904. The van der Waals surface area contributed by atoms with E-state index in [9.17, 15) is 4.79 Å². The van der Waals surface area contributed by atoms with Gasteiger partial charge in [0.1, 0.15) is 5.76 Å². The molecule has 2 aromatic rings. The van der Waals surface area contributed by atoms with Crippen molar-refractivity contribution in [2.24, 2.45) is 0 Å². The third kappa shape index (κ3) is 2.92. The summed E-state index contributed by atoms with van der Waals surface area (Å²) in [7, 11) is 0. The minimum atomic E-state index is -1.05. The molecule has 0 unspecified atom stereocenters. The Morgan fingerprint density at radius 1 is 1.44 bits per heavy atom. The summed E-state index contributed by atoms with van der Waals surface area (Å²) in [6.45, 7) is 2.28. The van der Waals surface area contributed by atoms with Gasteiger partial charge >= 0.3 is 5.97 Å². The van der Waals surface area contributed by atoms with E-state index >= 15 is 0 Å². The maximum atomic E-state index is 10.8. The minimum Gasteiger partial charge on any atom is -0.475 e. The summed E-state index contributed by atoms with van der Waals surface area (Å²) >= 11 is 3.39. The van der Waals surface area contributed by atoms with Gasteiger partial charge in [0.25, 0.3) is 0 Å². The first kappa shape index (κ1) is 12.7. The van der Waals surface area contributed by atoms with E-state index in [4.69, 9.17) is 9.52 Å². The number of furan rings is 1. The molecule has 0 aliphatic carbocycles. The summed E-state index contributed by atoms with van der Waals surface area (Å²) in [5.74, 6) is -0.458. The van der Waals surface area contributed by atoms with Gasteiger partial charge in [-0.3, -0.25) is 0 Å². The molecule has 18 heavy (non-hydrogen) atoms. The van der Waals surface area contributed by atoms with Crippen LogP contribution in [0.1, 0.15) is 21.9 Å². The number of rotatable bonds is 4. The molecule has 0 saturated heterocycles. The highest BCUT2D eigenvalue weighted by Crippen LogP contribution is 2.19. The normalized spacial score (nSPS) is 10.3. The molecule has 0 saturated carbocycles. The summed E-state index contributed by atoms with van der Waals surface area (Å²) in [6, 6.07) is 9.31. The van der Waals surface area contributed by atoms with Gasteiger partial charge < -0.3 is 14.8 Å². The highest BCUT2D eigenvalue weighted by atomic mass is 79.9. The van der Waals surface area contributed by atoms with Crippen LogP contribution in [0.2, 0.25) is 0 Å².